The summed E-state index contributed by atoms with van der Waals surface area (Å²) in [7, 11) is 1.73. The molecule has 0 aliphatic carbocycles. The number of hydrogen-bond acceptors (Lipinski definition) is 3. The van der Waals surface area contributed by atoms with Gasteiger partial charge in [0.25, 0.3) is 0 Å². The van der Waals surface area contributed by atoms with Crippen LogP contribution in [0.5, 0.6) is 0 Å². The highest BCUT2D eigenvalue weighted by molar-refractivity contribution is 5.81. The van der Waals surface area contributed by atoms with E-state index in [1.807, 2.05) is 37.3 Å². The molecule has 6 heteroatoms. The molecule has 0 aromatic heterocycles. The van der Waals surface area contributed by atoms with Crippen LogP contribution in [-0.4, -0.2) is 44.7 Å². The number of benzene rings is 1. The van der Waals surface area contributed by atoms with Gasteiger partial charge >= 0.3 is 0 Å². The minimum absolute atomic E-state index is 0.0213. The van der Waals surface area contributed by atoms with Crippen molar-refractivity contribution in [1.29, 1.82) is 0 Å². The number of nitrogens with one attached hydrogen (secondary N) is 3. The van der Waals surface area contributed by atoms with E-state index in [-0.39, 0.29) is 12.0 Å². The van der Waals surface area contributed by atoms with Crippen molar-refractivity contribution >= 4 is 11.9 Å². The second-order valence-electron chi connectivity index (χ2n) is 6.46. The number of aliphatic imine (C=N–C) groups is 1. The number of rotatable bonds is 11. The van der Waals surface area contributed by atoms with Gasteiger partial charge in [-0.05, 0) is 24.8 Å². The lowest BCUT2D eigenvalue weighted by molar-refractivity contribution is -0.121. The highest BCUT2D eigenvalue weighted by Crippen LogP contribution is 2.09. The molecule has 0 radical (unpaired) electrons. The molecule has 1 unspecified atom stereocenters. The van der Waals surface area contributed by atoms with Crippen LogP contribution in [0.2, 0.25) is 0 Å². The normalized spacial score (nSPS) is 12.7. The third-order valence-corrected chi connectivity index (χ3v) is 4.05. The summed E-state index contributed by atoms with van der Waals surface area (Å²) in [5, 5.41) is 9.36. The van der Waals surface area contributed by atoms with E-state index in [1.165, 1.54) is 0 Å². The number of carbonyl (C=O) groups excluding carboxylic acids is 1. The lowest BCUT2D eigenvalue weighted by Gasteiger charge is -2.21. The maximum atomic E-state index is 11.9. The molecule has 0 aliphatic heterocycles. The van der Waals surface area contributed by atoms with Crippen LogP contribution in [0.1, 0.15) is 39.2 Å². The first-order chi connectivity index (χ1) is 12.6. The van der Waals surface area contributed by atoms with Crippen LogP contribution < -0.4 is 16.0 Å². The second kappa shape index (κ2) is 13.2. The largest absolute Gasteiger partial charge is 0.378 e. The molecule has 6 nitrogen and oxygen atoms in total. The van der Waals surface area contributed by atoms with Crippen LogP contribution in [0.25, 0.3) is 0 Å². The fourth-order valence-corrected chi connectivity index (χ4v) is 2.56. The van der Waals surface area contributed by atoms with Crippen molar-refractivity contribution in [2.24, 2.45) is 10.9 Å². The maximum absolute atomic E-state index is 11.9. The Morgan fingerprint density at radius 3 is 2.42 bits per heavy atom. The molecule has 1 aromatic carbocycles. The first kappa shape index (κ1) is 22.0. The zero-order chi connectivity index (χ0) is 19.2. The van der Waals surface area contributed by atoms with Gasteiger partial charge in [-0.2, -0.15) is 0 Å². The van der Waals surface area contributed by atoms with Crippen LogP contribution in [0.4, 0.5) is 0 Å². The van der Waals surface area contributed by atoms with Crippen LogP contribution in [0, 0.1) is 5.92 Å². The molecule has 0 spiro atoms. The molecule has 26 heavy (non-hydrogen) atoms. The van der Waals surface area contributed by atoms with Gasteiger partial charge in [0.05, 0.1) is 6.10 Å². The van der Waals surface area contributed by atoms with Crippen molar-refractivity contribution in [3.05, 3.63) is 35.9 Å². The first-order valence-electron chi connectivity index (χ1n) is 9.43. The zero-order valence-corrected chi connectivity index (χ0v) is 16.5. The minimum atomic E-state index is 0.0213. The zero-order valence-electron chi connectivity index (χ0n) is 16.5. The molecule has 1 atom stereocenters. The molecule has 3 N–H and O–H groups in total. The molecule has 0 saturated heterocycles. The molecular formula is C20H34N4O2. The van der Waals surface area contributed by atoms with Gasteiger partial charge in [-0.3, -0.25) is 9.79 Å². The van der Waals surface area contributed by atoms with E-state index in [9.17, 15) is 4.79 Å². The molecule has 0 saturated carbocycles. The predicted octanol–water partition coefficient (Wildman–Crippen LogP) is 2.31. The molecule has 1 amide bonds. The van der Waals surface area contributed by atoms with Crippen molar-refractivity contribution in [2.75, 3.05) is 26.7 Å². The lowest BCUT2D eigenvalue weighted by Crippen LogP contribution is -2.40. The van der Waals surface area contributed by atoms with E-state index in [2.05, 4.69) is 34.8 Å². The van der Waals surface area contributed by atoms with E-state index in [0.29, 0.717) is 31.4 Å². The van der Waals surface area contributed by atoms with E-state index < -0.39 is 0 Å². The number of ether oxygens (including phenoxy) is 1. The number of guanidine groups is 1. The molecule has 0 bridgehead atoms. The number of hydrogen-bond donors (Lipinski definition) is 3. The van der Waals surface area contributed by atoms with Crippen LogP contribution in [0.15, 0.2) is 35.3 Å². The van der Waals surface area contributed by atoms with Gasteiger partial charge in [-0.15, -0.1) is 0 Å². The Bertz CT molecular complexity index is 532. The van der Waals surface area contributed by atoms with Crippen molar-refractivity contribution in [1.82, 2.24) is 16.0 Å². The van der Waals surface area contributed by atoms with Crippen LogP contribution in [0.3, 0.4) is 0 Å². The van der Waals surface area contributed by atoms with E-state index in [4.69, 9.17) is 4.74 Å². The Balaban J connectivity index is 2.20. The standard InChI is InChI=1S/C20H34N4O2/c1-5-26-18(16(2)3)11-13-22-20(21-4)23-14-12-19(25)24-15-17-9-7-6-8-10-17/h6-10,16,18H,5,11-15H2,1-4H3,(H,24,25)(H2,21,22,23). The molecule has 146 valence electrons. The van der Waals surface area contributed by atoms with Crippen LogP contribution in [-0.2, 0) is 16.1 Å². The second-order valence-corrected chi connectivity index (χ2v) is 6.46. The summed E-state index contributed by atoms with van der Waals surface area (Å²) in [6.45, 7) is 8.96. The summed E-state index contributed by atoms with van der Waals surface area (Å²) >= 11 is 0. The Labute approximate surface area is 157 Å². The van der Waals surface area contributed by atoms with Gasteiger partial charge in [0.15, 0.2) is 5.96 Å². The van der Waals surface area contributed by atoms with Crippen molar-refractivity contribution in [3.63, 3.8) is 0 Å². The van der Waals surface area contributed by atoms with E-state index in [1.54, 1.807) is 7.05 Å². The molecular weight excluding hydrogens is 328 g/mol. The van der Waals surface area contributed by atoms with Crippen LogP contribution >= 0.6 is 0 Å². The highest BCUT2D eigenvalue weighted by atomic mass is 16.5. The Morgan fingerprint density at radius 2 is 1.81 bits per heavy atom. The van der Waals surface area contributed by atoms with Gasteiger partial charge in [0, 0.05) is 39.7 Å². The quantitative estimate of drug-likeness (QED) is 0.417. The smallest absolute Gasteiger partial charge is 0.222 e. The third kappa shape index (κ3) is 9.42. The van der Waals surface area contributed by atoms with Gasteiger partial charge in [-0.1, -0.05) is 44.2 Å². The van der Waals surface area contributed by atoms with Gasteiger partial charge in [0.1, 0.15) is 0 Å². The van der Waals surface area contributed by atoms with E-state index in [0.717, 1.165) is 25.1 Å². The molecule has 0 heterocycles. The van der Waals surface area contributed by atoms with Crippen molar-refractivity contribution < 1.29 is 9.53 Å². The molecule has 0 aliphatic rings. The van der Waals surface area contributed by atoms with Crippen molar-refractivity contribution in [2.45, 2.75) is 46.3 Å². The summed E-state index contributed by atoms with van der Waals surface area (Å²) in [5.41, 5.74) is 1.10. The number of nitrogens with zero attached hydrogens (tertiary/aromatic N) is 1. The molecule has 1 aromatic rings. The maximum Gasteiger partial charge on any atom is 0.222 e. The Hall–Kier alpha value is -2.08. The summed E-state index contributed by atoms with van der Waals surface area (Å²) in [5.74, 6) is 1.22. The number of carbonyl (C=O) groups is 1. The average molecular weight is 363 g/mol. The Kier molecular flexibility index (Phi) is 11.1. The molecule has 1 rings (SSSR count). The molecule has 0 fully saturated rings. The lowest BCUT2D eigenvalue weighted by atomic mass is 10.0. The fraction of sp³-hybridized carbons (Fsp3) is 0.600. The summed E-state index contributed by atoms with van der Waals surface area (Å²) in [4.78, 5) is 16.1. The first-order valence-corrected chi connectivity index (χ1v) is 9.43. The number of amides is 1. The van der Waals surface area contributed by atoms with Gasteiger partial charge in [-0.25, -0.2) is 0 Å². The van der Waals surface area contributed by atoms with Crippen molar-refractivity contribution in [3.8, 4) is 0 Å². The highest BCUT2D eigenvalue weighted by Gasteiger charge is 2.13. The average Bonchev–Trinajstić information content (AvgIpc) is 2.65. The SMILES string of the molecule is CCOC(CCNC(=NC)NCCC(=O)NCc1ccccc1)C(C)C. The van der Waals surface area contributed by atoms with E-state index >= 15 is 0 Å². The van der Waals surface area contributed by atoms with Gasteiger partial charge < -0.3 is 20.7 Å². The summed E-state index contributed by atoms with van der Waals surface area (Å²) in [6, 6.07) is 9.89. The minimum Gasteiger partial charge on any atom is -0.378 e. The fourth-order valence-electron chi connectivity index (χ4n) is 2.56. The van der Waals surface area contributed by atoms with Gasteiger partial charge in [0.2, 0.25) is 5.91 Å². The monoisotopic (exact) mass is 362 g/mol. The topological polar surface area (TPSA) is 74.8 Å². The summed E-state index contributed by atoms with van der Waals surface area (Å²) in [6.07, 6.45) is 1.57. The summed E-state index contributed by atoms with van der Waals surface area (Å²) < 4.78 is 5.74. The Morgan fingerprint density at radius 1 is 1.12 bits per heavy atom. The third-order valence-electron chi connectivity index (χ3n) is 4.05. The predicted molar refractivity (Wildman–Crippen MR) is 107 cm³/mol.